The lowest BCUT2D eigenvalue weighted by Crippen LogP contribution is -2.29. The maximum Gasteiger partial charge on any atom is 0.159 e. The maximum absolute atomic E-state index is 13.4. The van der Waals surface area contributed by atoms with Crippen LogP contribution in [-0.4, -0.2) is 32.7 Å². The molecule has 2 heterocycles. The third-order valence-electron chi connectivity index (χ3n) is 3.92. The molecule has 0 amide bonds. The average Bonchev–Trinajstić information content (AvgIpc) is 2.99. The summed E-state index contributed by atoms with van der Waals surface area (Å²) in [5, 5.41) is 12.7. The van der Waals surface area contributed by atoms with Crippen molar-refractivity contribution in [3.05, 3.63) is 42.1 Å². The van der Waals surface area contributed by atoms with Crippen LogP contribution in [-0.2, 0) is 0 Å². The molecule has 1 atom stereocenters. The van der Waals surface area contributed by atoms with Crippen LogP contribution < -0.4 is 5.32 Å². The van der Waals surface area contributed by atoms with Crippen molar-refractivity contribution in [1.29, 1.82) is 0 Å². The highest BCUT2D eigenvalue weighted by molar-refractivity contribution is 5.88. The van der Waals surface area contributed by atoms with Crippen molar-refractivity contribution in [3.63, 3.8) is 0 Å². The number of benzene rings is 1. The molecule has 0 aliphatic heterocycles. The van der Waals surface area contributed by atoms with E-state index in [-0.39, 0.29) is 18.6 Å². The molecule has 3 aromatic rings. The summed E-state index contributed by atoms with van der Waals surface area (Å²) in [6, 6.07) is 5.21. The van der Waals surface area contributed by atoms with Gasteiger partial charge in [0.15, 0.2) is 17.5 Å². The topological polar surface area (TPSA) is 73.8 Å². The number of aromatic nitrogens is 3. The van der Waals surface area contributed by atoms with E-state index in [4.69, 9.17) is 0 Å². The quantitative estimate of drug-likeness (QED) is 0.670. The van der Waals surface area contributed by atoms with E-state index in [1.807, 2.05) is 13.8 Å². The molecular weight excluding hydrogens is 314 g/mol. The Bertz CT molecular complexity index is 863. The first-order chi connectivity index (χ1) is 11.5. The van der Waals surface area contributed by atoms with E-state index in [9.17, 15) is 13.9 Å². The summed E-state index contributed by atoms with van der Waals surface area (Å²) in [5.74, 6) is -0.668. The van der Waals surface area contributed by atoms with Crippen molar-refractivity contribution in [2.75, 3.05) is 11.9 Å². The molecule has 3 rings (SSSR count). The third-order valence-corrected chi connectivity index (χ3v) is 3.92. The molecule has 0 spiro atoms. The molecule has 5 nitrogen and oxygen atoms in total. The van der Waals surface area contributed by atoms with E-state index < -0.39 is 11.6 Å². The lowest BCUT2D eigenvalue weighted by Gasteiger charge is -2.20. The number of aliphatic hydroxyl groups excluding tert-OH is 1. The second kappa shape index (κ2) is 6.52. The Morgan fingerprint density at radius 2 is 2.00 bits per heavy atom. The third kappa shape index (κ3) is 3.07. The van der Waals surface area contributed by atoms with Crippen LogP contribution in [0.5, 0.6) is 0 Å². The molecule has 0 unspecified atom stereocenters. The van der Waals surface area contributed by atoms with Crippen LogP contribution in [0.3, 0.4) is 0 Å². The van der Waals surface area contributed by atoms with Gasteiger partial charge in [-0.1, -0.05) is 13.8 Å². The molecule has 24 heavy (non-hydrogen) atoms. The van der Waals surface area contributed by atoms with E-state index in [1.165, 1.54) is 6.07 Å². The van der Waals surface area contributed by atoms with Gasteiger partial charge in [0.05, 0.1) is 18.2 Å². The van der Waals surface area contributed by atoms with Gasteiger partial charge in [-0.2, -0.15) is 0 Å². The monoisotopic (exact) mass is 332 g/mol. The lowest BCUT2D eigenvalue weighted by molar-refractivity contribution is 0.249. The zero-order valence-electron chi connectivity index (χ0n) is 13.3. The molecule has 1 aromatic carbocycles. The molecule has 126 valence electrons. The van der Waals surface area contributed by atoms with Crippen LogP contribution in [0, 0.1) is 17.6 Å². The minimum absolute atomic E-state index is 0.0316. The van der Waals surface area contributed by atoms with Crippen LogP contribution in [0.15, 0.2) is 30.5 Å². The Hall–Kier alpha value is -2.54. The Morgan fingerprint density at radius 1 is 1.21 bits per heavy atom. The summed E-state index contributed by atoms with van der Waals surface area (Å²) >= 11 is 0. The molecule has 0 saturated carbocycles. The van der Waals surface area contributed by atoms with Gasteiger partial charge in [-0.05, 0) is 30.2 Å². The van der Waals surface area contributed by atoms with Crippen LogP contribution in [0.25, 0.3) is 22.4 Å². The van der Waals surface area contributed by atoms with Gasteiger partial charge in [0.1, 0.15) is 11.3 Å². The molecule has 0 radical (unpaired) electrons. The number of fused-ring (bicyclic) bond motifs is 1. The van der Waals surface area contributed by atoms with Gasteiger partial charge in [-0.25, -0.2) is 18.7 Å². The number of aromatic amines is 1. The Balaban J connectivity index is 2.02. The maximum atomic E-state index is 13.4. The highest BCUT2D eigenvalue weighted by atomic mass is 19.2. The van der Waals surface area contributed by atoms with E-state index >= 15 is 0 Å². The molecule has 0 aliphatic carbocycles. The Kier molecular flexibility index (Phi) is 4.44. The second-order valence-electron chi connectivity index (χ2n) is 5.95. The molecule has 2 aromatic heterocycles. The molecule has 0 fully saturated rings. The first kappa shape index (κ1) is 16.3. The predicted molar refractivity (Wildman–Crippen MR) is 88.6 cm³/mol. The summed E-state index contributed by atoms with van der Waals surface area (Å²) in [7, 11) is 0. The normalized spacial score (nSPS) is 12.8. The SMILES string of the molecule is CC(C)[C@H](CO)Nc1nccc2[nH]c(-c3ccc(F)c(F)c3)nc12. The van der Waals surface area contributed by atoms with E-state index in [0.717, 1.165) is 12.1 Å². The zero-order valence-corrected chi connectivity index (χ0v) is 13.3. The van der Waals surface area contributed by atoms with Crippen molar-refractivity contribution in [1.82, 2.24) is 15.0 Å². The van der Waals surface area contributed by atoms with Gasteiger partial charge in [-0.15, -0.1) is 0 Å². The molecule has 0 bridgehead atoms. The highest BCUT2D eigenvalue weighted by Gasteiger charge is 2.16. The summed E-state index contributed by atoms with van der Waals surface area (Å²) in [6.45, 7) is 3.95. The first-order valence-corrected chi connectivity index (χ1v) is 7.67. The zero-order chi connectivity index (χ0) is 17.3. The van der Waals surface area contributed by atoms with Gasteiger partial charge in [-0.3, -0.25) is 0 Å². The minimum Gasteiger partial charge on any atom is -0.394 e. The van der Waals surface area contributed by atoms with Crippen LogP contribution in [0.1, 0.15) is 13.8 Å². The van der Waals surface area contributed by atoms with Gasteiger partial charge < -0.3 is 15.4 Å². The number of halogens is 2. The standard InChI is InChI=1S/C17H18F2N4O/c1-9(2)14(8-24)22-17-15-13(5-6-20-17)21-16(23-15)10-3-4-11(18)12(19)7-10/h3-7,9,14,24H,8H2,1-2H3,(H,20,22)(H,21,23)/t14-/m0/s1. The number of hydrogen-bond donors (Lipinski definition) is 3. The van der Waals surface area contributed by atoms with Gasteiger partial charge in [0, 0.05) is 11.8 Å². The molecule has 3 N–H and O–H groups in total. The molecule has 0 aliphatic rings. The Labute approximate surface area is 137 Å². The van der Waals surface area contributed by atoms with Gasteiger partial charge in [0.25, 0.3) is 0 Å². The highest BCUT2D eigenvalue weighted by Crippen LogP contribution is 2.26. The molecule has 0 saturated heterocycles. The number of pyridine rings is 1. The van der Waals surface area contributed by atoms with Gasteiger partial charge >= 0.3 is 0 Å². The number of hydrogen-bond acceptors (Lipinski definition) is 4. The van der Waals surface area contributed by atoms with Gasteiger partial charge in [0.2, 0.25) is 0 Å². The minimum atomic E-state index is -0.926. The van der Waals surface area contributed by atoms with Crippen molar-refractivity contribution in [3.8, 4) is 11.4 Å². The second-order valence-corrected chi connectivity index (χ2v) is 5.95. The van der Waals surface area contributed by atoms with E-state index in [1.54, 1.807) is 12.3 Å². The number of imidazole rings is 1. The number of anilines is 1. The fourth-order valence-corrected chi connectivity index (χ4v) is 2.42. The predicted octanol–water partition coefficient (Wildman–Crippen LogP) is 3.33. The number of nitrogens with one attached hydrogen (secondary N) is 2. The fraction of sp³-hybridized carbons (Fsp3) is 0.294. The molecular formula is C17H18F2N4O. The van der Waals surface area contributed by atoms with Crippen molar-refractivity contribution < 1.29 is 13.9 Å². The fourth-order valence-electron chi connectivity index (χ4n) is 2.42. The summed E-state index contributed by atoms with van der Waals surface area (Å²) in [6.07, 6.45) is 1.62. The number of H-pyrrole nitrogens is 1. The van der Waals surface area contributed by atoms with Crippen LogP contribution >= 0.6 is 0 Å². The lowest BCUT2D eigenvalue weighted by atomic mass is 10.1. The van der Waals surface area contributed by atoms with E-state index in [0.29, 0.717) is 28.2 Å². The largest absolute Gasteiger partial charge is 0.394 e. The number of nitrogens with zero attached hydrogens (tertiary/aromatic N) is 2. The molecule has 7 heteroatoms. The Morgan fingerprint density at radius 3 is 2.67 bits per heavy atom. The van der Waals surface area contributed by atoms with Crippen molar-refractivity contribution in [2.45, 2.75) is 19.9 Å². The summed E-state index contributed by atoms with van der Waals surface area (Å²) in [5.41, 5.74) is 1.74. The van der Waals surface area contributed by atoms with Crippen molar-refractivity contribution >= 4 is 16.9 Å². The smallest absolute Gasteiger partial charge is 0.159 e. The van der Waals surface area contributed by atoms with E-state index in [2.05, 4.69) is 20.3 Å². The van der Waals surface area contributed by atoms with Crippen molar-refractivity contribution in [2.24, 2.45) is 5.92 Å². The summed E-state index contributed by atoms with van der Waals surface area (Å²) in [4.78, 5) is 11.8. The number of rotatable bonds is 5. The first-order valence-electron chi connectivity index (χ1n) is 7.67. The number of aliphatic hydroxyl groups is 1. The summed E-state index contributed by atoms with van der Waals surface area (Å²) < 4.78 is 26.5. The average molecular weight is 332 g/mol. The van der Waals surface area contributed by atoms with Crippen LogP contribution in [0.4, 0.5) is 14.6 Å². The van der Waals surface area contributed by atoms with Crippen LogP contribution in [0.2, 0.25) is 0 Å².